The molecule has 0 aliphatic carbocycles. The summed E-state index contributed by atoms with van der Waals surface area (Å²) >= 11 is 0. The Balaban J connectivity index is 1.66. The van der Waals surface area contributed by atoms with Crippen molar-refractivity contribution in [2.45, 2.75) is 32.3 Å². The van der Waals surface area contributed by atoms with Gasteiger partial charge in [-0.2, -0.15) is 5.10 Å². The average molecular weight is 399 g/mol. The molecule has 0 saturated heterocycles. The van der Waals surface area contributed by atoms with Crippen molar-refractivity contribution in [3.8, 4) is 17.2 Å². The lowest BCUT2D eigenvalue weighted by atomic mass is 9.87. The average Bonchev–Trinajstić information content (AvgIpc) is 2.67. The lowest BCUT2D eigenvalue weighted by Crippen LogP contribution is -2.42. The lowest BCUT2D eigenvalue weighted by molar-refractivity contribution is -0.385. The molecule has 9 heteroatoms. The summed E-state index contributed by atoms with van der Waals surface area (Å²) in [4.78, 5) is 22.5. The Hall–Kier alpha value is -3.62. The van der Waals surface area contributed by atoms with Gasteiger partial charge in [0.2, 0.25) is 6.10 Å². The summed E-state index contributed by atoms with van der Waals surface area (Å²) in [5.74, 6) is 0.0995. The fourth-order valence-corrected chi connectivity index (χ4v) is 2.68. The molecule has 1 heterocycles. The normalized spacial score (nSPS) is 15.9. The molecule has 1 aliphatic rings. The van der Waals surface area contributed by atoms with Crippen LogP contribution in [0, 0.1) is 10.1 Å². The summed E-state index contributed by atoms with van der Waals surface area (Å²) in [6.07, 6.45) is 0.351. The first-order valence-corrected chi connectivity index (χ1v) is 8.89. The number of rotatable bonds is 4. The Morgan fingerprint density at radius 3 is 2.72 bits per heavy atom. The largest absolute Gasteiger partial charge is 0.502 e. The number of fused-ring (bicyclic) bond motifs is 1. The quantitative estimate of drug-likeness (QED) is 0.463. The number of aromatic hydroxyl groups is 1. The number of phenolic OH excluding ortho intramolecular Hbond substituents is 1. The van der Waals surface area contributed by atoms with Gasteiger partial charge in [-0.25, -0.2) is 5.43 Å². The van der Waals surface area contributed by atoms with E-state index in [2.05, 4.69) is 31.3 Å². The van der Waals surface area contributed by atoms with Crippen molar-refractivity contribution >= 4 is 17.8 Å². The Morgan fingerprint density at radius 2 is 2.03 bits per heavy atom. The highest BCUT2D eigenvalue weighted by atomic mass is 16.6. The molecule has 152 valence electrons. The highest BCUT2D eigenvalue weighted by Crippen LogP contribution is 2.36. The molecule has 2 aromatic rings. The number of hydrogen-bond donors (Lipinski definition) is 2. The van der Waals surface area contributed by atoms with Gasteiger partial charge in [0.15, 0.2) is 17.2 Å². The molecule has 0 fully saturated rings. The second-order valence-electron chi connectivity index (χ2n) is 7.57. The summed E-state index contributed by atoms with van der Waals surface area (Å²) in [7, 11) is 0. The minimum atomic E-state index is -0.885. The number of carbonyl (C=O) groups is 1. The molecule has 0 spiro atoms. The first-order chi connectivity index (χ1) is 13.6. The summed E-state index contributed by atoms with van der Waals surface area (Å²) in [5, 5.41) is 24.1. The zero-order chi connectivity index (χ0) is 21.2. The molecule has 2 aromatic carbocycles. The number of nitro groups is 1. The van der Waals surface area contributed by atoms with Crippen molar-refractivity contribution in [3.63, 3.8) is 0 Å². The van der Waals surface area contributed by atoms with Crippen molar-refractivity contribution < 1.29 is 24.3 Å². The Labute approximate surface area is 167 Å². The SMILES string of the molecule is CC(C)(C)c1ccc2c(c1)OC(C(=O)N/N=C\c1ccc(O)c([N+](=O)[O-])c1)CO2. The molecule has 1 amide bonds. The zero-order valence-electron chi connectivity index (χ0n) is 16.2. The van der Waals surface area contributed by atoms with Crippen LogP contribution < -0.4 is 14.9 Å². The predicted octanol–water partition coefficient (Wildman–Crippen LogP) is 2.89. The topological polar surface area (TPSA) is 123 Å². The van der Waals surface area contributed by atoms with Crippen molar-refractivity contribution in [2.24, 2.45) is 5.10 Å². The van der Waals surface area contributed by atoms with E-state index in [1.807, 2.05) is 18.2 Å². The van der Waals surface area contributed by atoms with Crippen LogP contribution in [0.3, 0.4) is 0 Å². The van der Waals surface area contributed by atoms with E-state index >= 15 is 0 Å². The Bertz CT molecular complexity index is 981. The maximum atomic E-state index is 12.3. The Morgan fingerprint density at radius 1 is 1.28 bits per heavy atom. The van der Waals surface area contributed by atoms with Gasteiger partial charge in [0, 0.05) is 11.6 Å². The molecule has 3 rings (SSSR count). The molecule has 29 heavy (non-hydrogen) atoms. The van der Waals surface area contributed by atoms with E-state index in [-0.39, 0.29) is 12.0 Å². The van der Waals surface area contributed by atoms with E-state index in [1.165, 1.54) is 18.3 Å². The van der Waals surface area contributed by atoms with E-state index in [0.29, 0.717) is 17.1 Å². The van der Waals surface area contributed by atoms with Crippen molar-refractivity contribution in [2.75, 3.05) is 6.61 Å². The molecule has 0 aromatic heterocycles. The third-order valence-electron chi connectivity index (χ3n) is 4.35. The monoisotopic (exact) mass is 399 g/mol. The molecule has 1 atom stereocenters. The van der Waals surface area contributed by atoms with Gasteiger partial charge in [0.25, 0.3) is 5.91 Å². The minimum Gasteiger partial charge on any atom is -0.502 e. The maximum Gasteiger partial charge on any atom is 0.311 e. The lowest BCUT2D eigenvalue weighted by Gasteiger charge is -2.27. The number of phenols is 1. The third-order valence-corrected chi connectivity index (χ3v) is 4.35. The Kier molecular flexibility index (Phi) is 5.40. The fraction of sp³-hybridized carbons (Fsp3) is 0.300. The number of nitrogens with zero attached hydrogens (tertiary/aromatic N) is 2. The number of carbonyl (C=O) groups excluding carboxylic acids is 1. The molecular formula is C20H21N3O6. The van der Waals surface area contributed by atoms with Crippen LogP contribution in [0.25, 0.3) is 0 Å². The minimum absolute atomic E-state index is 0.0356. The maximum absolute atomic E-state index is 12.3. The van der Waals surface area contributed by atoms with Gasteiger partial charge in [-0.3, -0.25) is 14.9 Å². The van der Waals surface area contributed by atoms with Crippen molar-refractivity contribution in [3.05, 3.63) is 57.6 Å². The van der Waals surface area contributed by atoms with Crippen LogP contribution in [0.5, 0.6) is 17.2 Å². The molecular weight excluding hydrogens is 378 g/mol. The van der Waals surface area contributed by atoms with Gasteiger partial charge in [-0.1, -0.05) is 26.8 Å². The molecule has 2 N–H and O–H groups in total. The van der Waals surface area contributed by atoms with Crippen LogP contribution in [0.2, 0.25) is 0 Å². The third kappa shape index (κ3) is 4.63. The van der Waals surface area contributed by atoms with Crippen LogP contribution >= 0.6 is 0 Å². The molecule has 0 saturated carbocycles. The fourth-order valence-electron chi connectivity index (χ4n) is 2.68. The van der Waals surface area contributed by atoms with Gasteiger partial charge >= 0.3 is 5.69 Å². The molecule has 0 radical (unpaired) electrons. The summed E-state index contributed by atoms with van der Waals surface area (Å²) in [6.45, 7) is 6.26. The smallest absolute Gasteiger partial charge is 0.311 e. The van der Waals surface area contributed by atoms with E-state index in [9.17, 15) is 20.0 Å². The number of amides is 1. The number of nitro benzene ring substituents is 1. The van der Waals surface area contributed by atoms with E-state index < -0.39 is 28.4 Å². The predicted molar refractivity (Wildman–Crippen MR) is 106 cm³/mol. The van der Waals surface area contributed by atoms with Gasteiger partial charge < -0.3 is 14.6 Å². The first kappa shape index (κ1) is 20.1. The zero-order valence-corrected chi connectivity index (χ0v) is 16.2. The summed E-state index contributed by atoms with van der Waals surface area (Å²) in [5.41, 5.74) is 3.20. The van der Waals surface area contributed by atoms with Gasteiger partial charge in [0.1, 0.15) is 6.61 Å². The number of hydrogen-bond acceptors (Lipinski definition) is 7. The molecule has 1 aliphatic heterocycles. The molecule has 1 unspecified atom stereocenters. The van der Waals surface area contributed by atoms with Crippen LogP contribution in [0.1, 0.15) is 31.9 Å². The van der Waals surface area contributed by atoms with E-state index in [1.54, 1.807) is 0 Å². The number of hydrazone groups is 1. The van der Waals surface area contributed by atoms with Crippen molar-refractivity contribution in [1.29, 1.82) is 0 Å². The molecule has 0 bridgehead atoms. The number of benzene rings is 2. The van der Waals surface area contributed by atoms with E-state index in [4.69, 9.17) is 9.47 Å². The van der Waals surface area contributed by atoms with Crippen molar-refractivity contribution in [1.82, 2.24) is 5.43 Å². The first-order valence-electron chi connectivity index (χ1n) is 8.89. The number of nitrogens with one attached hydrogen (secondary N) is 1. The van der Waals surface area contributed by atoms with Crippen LogP contribution in [-0.4, -0.2) is 34.9 Å². The second kappa shape index (κ2) is 7.78. The van der Waals surface area contributed by atoms with Gasteiger partial charge in [-0.05, 0) is 35.2 Å². The van der Waals surface area contributed by atoms with Gasteiger partial charge in [0.05, 0.1) is 11.1 Å². The molecule has 9 nitrogen and oxygen atoms in total. The summed E-state index contributed by atoms with van der Waals surface area (Å²) < 4.78 is 11.4. The second-order valence-corrected chi connectivity index (χ2v) is 7.57. The van der Waals surface area contributed by atoms with Gasteiger partial charge in [-0.15, -0.1) is 0 Å². The highest BCUT2D eigenvalue weighted by molar-refractivity contribution is 5.85. The van der Waals surface area contributed by atoms with E-state index in [0.717, 1.165) is 11.6 Å². The van der Waals surface area contributed by atoms with Crippen LogP contribution in [0.4, 0.5) is 5.69 Å². The number of ether oxygens (including phenoxy) is 2. The summed E-state index contributed by atoms with van der Waals surface area (Å²) in [6, 6.07) is 9.40. The standard InChI is InChI=1S/C20H21N3O6/c1-20(2,3)13-5-7-16-17(9-13)29-18(11-28-16)19(25)22-21-10-12-4-6-15(24)14(8-12)23(26)27/h4-10,18,24H,11H2,1-3H3,(H,22,25)/b21-10-. The highest BCUT2D eigenvalue weighted by Gasteiger charge is 2.28. The van der Waals surface area contributed by atoms with Crippen LogP contribution in [-0.2, 0) is 10.2 Å². The van der Waals surface area contributed by atoms with Crippen LogP contribution in [0.15, 0.2) is 41.5 Å².